The molecule has 0 spiro atoms. The lowest BCUT2D eigenvalue weighted by atomic mass is 9.92. The molecule has 1 aliphatic rings. The lowest BCUT2D eigenvalue weighted by Crippen LogP contribution is -2.25. The van der Waals surface area contributed by atoms with Gasteiger partial charge < -0.3 is 15.0 Å². The van der Waals surface area contributed by atoms with Crippen molar-refractivity contribution in [1.29, 1.82) is 0 Å². The van der Waals surface area contributed by atoms with E-state index in [2.05, 4.69) is 40.3 Å². The number of hydrogen-bond donors (Lipinski definition) is 3. The zero-order valence-electron chi connectivity index (χ0n) is 26.6. The number of amides is 1. The number of rotatable bonds is 9. The van der Waals surface area contributed by atoms with E-state index in [-0.39, 0.29) is 11.3 Å². The van der Waals surface area contributed by atoms with Crippen LogP contribution in [0.1, 0.15) is 40.0 Å². The molecule has 1 aliphatic heterocycles. The van der Waals surface area contributed by atoms with Crippen molar-refractivity contribution in [3.8, 4) is 39.7 Å². The van der Waals surface area contributed by atoms with Gasteiger partial charge in [0.25, 0.3) is 0 Å². The summed E-state index contributed by atoms with van der Waals surface area (Å²) in [6.45, 7) is 9.53. The molecule has 5 aromatic heterocycles. The number of nitrogens with one attached hydrogen (secondary N) is 3. The second kappa shape index (κ2) is 12.5. The Hall–Kier alpha value is -5.23. The van der Waals surface area contributed by atoms with Crippen molar-refractivity contribution in [3.05, 3.63) is 67.0 Å². The number of nitrogens with zero attached hydrogens (tertiary/aromatic N) is 6. The second-order valence-corrected chi connectivity index (χ2v) is 13.2. The Labute approximate surface area is 271 Å². The summed E-state index contributed by atoms with van der Waals surface area (Å²) >= 11 is 0. The second-order valence-electron chi connectivity index (χ2n) is 13.2. The third-order valence-electron chi connectivity index (χ3n) is 8.11. The molecule has 6 heterocycles. The third kappa shape index (κ3) is 6.82. The Kier molecular flexibility index (Phi) is 8.10. The average molecular weight is 634 g/mol. The van der Waals surface area contributed by atoms with Crippen molar-refractivity contribution in [1.82, 2.24) is 40.0 Å². The van der Waals surface area contributed by atoms with E-state index in [1.807, 2.05) is 39.0 Å². The maximum absolute atomic E-state index is 14.8. The van der Waals surface area contributed by atoms with Crippen molar-refractivity contribution in [2.45, 2.75) is 40.0 Å². The number of likely N-dealkylation sites (tertiary alicyclic amines) is 1. The molecule has 0 atom stereocenters. The quantitative estimate of drug-likeness (QED) is 0.162. The summed E-state index contributed by atoms with van der Waals surface area (Å²) in [5, 5.41) is 11.2. The highest BCUT2D eigenvalue weighted by Crippen LogP contribution is 2.33. The summed E-state index contributed by atoms with van der Waals surface area (Å²) in [7, 11) is 0. The number of hydrogen-bond acceptors (Lipinski definition) is 8. The fourth-order valence-corrected chi connectivity index (χ4v) is 5.94. The van der Waals surface area contributed by atoms with E-state index in [0.717, 1.165) is 41.7 Å². The summed E-state index contributed by atoms with van der Waals surface area (Å²) in [5.74, 6) is 0.522. The number of H-pyrrole nitrogens is 2. The molecule has 0 saturated carbocycles. The van der Waals surface area contributed by atoms with Gasteiger partial charge in [-0.15, -0.1) is 0 Å². The van der Waals surface area contributed by atoms with Gasteiger partial charge in [0.15, 0.2) is 11.5 Å². The normalized spacial score (nSPS) is 13.9. The van der Waals surface area contributed by atoms with Gasteiger partial charge in [-0.05, 0) is 61.7 Å². The zero-order valence-corrected chi connectivity index (χ0v) is 26.6. The van der Waals surface area contributed by atoms with Crippen molar-refractivity contribution in [2.24, 2.45) is 5.41 Å². The van der Waals surface area contributed by atoms with Crippen LogP contribution in [0.2, 0.25) is 0 Å². The molecular weight excluding hydrogens is 597 g/mol. The van der Waals surface area contributed by atoms with Crippen LogP contribution in [0.4, 0.5) is 10.1 Å². The van der Waals surface area contributed by atoms with Crippen LogP contribution >= 0.6 is 0 Å². The number of pyridine rings is 3. The predicted molar refractivity (Wildman–Crippen MR) is 179 cm³/mol. The number of halogens is 1. The van der Waals surface area contributed by atoms with Gasteiger partial charge in [-0.3, -0.25) is 24.8 Å². The molecule has 6 aromatic rings. The van der Waals surface area contributed by atoms with Crippen LogP contribution in [0.15, 0.2) is 61.2 Å². The number of aromatic nitrogens is 7. The minimum Gasteiger partial charge on any atom is -0.492 e. The number of benzene rings is 1. The SMILES string of the molecule is CC(C)(C)CC(=O)Nc1cncc(-c2cnc3n[nH]c(-c4nc5c(-c6cc(F)cc(OCCN7CCCC7)c6)nccc5[nH]4)c3c2)c1. The number of fused-ring (bicyclic) bond motifs is 2. The molecule has 1 amide bonds. The standard InChI is InChI=1S/C35H36FN9O2/c1-35(2,3)17-29(46)40-25-13-22(18-37-20-25)23-15-27-31(43-44-33(27)39-19-23)34-41-28-6-7-38-30(32(28)42-34)21-12-24(36)16-26(14-21)47-11-10-45-8-4-5-9-45/h6-7,12-16,18-20H,4-5,8-11,17H2,1-3H3,(H,40,46)(H,41,42)(H,39,43,44). The van der Waals surface area contributed by atoms with E-state index in [9.17, 15) is 9.18 Å². The molecule has 0 aliphatic carbocycles. The Morgan fingerprint density at radius 3 is 2.68 bits per heavy atom. The lowest BCUT2D eigenvalue weighted by Gasteiger charge is -2.17. The monoisotopic (exact) mass is 633 g/mol. The van der Waals surface area contributed by atoms with Gasteiger partial charge in [0.1, 0.15) is 29.4 Å². The van der Waals surface area contributed by atoms with E-state index in [4.69, 9.17) is 9.72 Å². The van der Waals surface area contributed by atoms with Crippen LogP contribution in [0.25, 0.3) is 56.0 Å². The number of carbonyl (C=O) groups excluding carboxylic acids is 1. The molecule has 12 heteroatoms. The van der Waals surface area contributed by atoms with Gasteiger partial charge in [-0.2, -0.15) is 5.10 Å². The topological polar surface area (TPSA) is 138 Å². The summed E-state index contributed by atoms with van der Waals surface area (Å²) in [4.78, 5) is 36.6. The van der Waals surface area contributed by atoms with Gasteiger partial charge >= 0.3 is 0 Å². The highest BCUT2D eigenvalue weighted by atomic mass is 19.1. The minimum absolute atomic E-state index is 0.0691. The van der Waals surface area contributed by atoms with Crippen LogP contribution < -0.4 is 10.1 Å². The Morgan fingerprint density at radius 1 is 1.02 bits per heavy atom. The first-order valence-corrected chi connectivity index (χ1v) is 15.8. The van der Waals surface area contributed by atoms with Gasteiger partial charge in [-0.25, -0.2) is 14.4 Å². The molecule has 3 N–H and O–H groups in total. The van der Waals surface area contributed by atoms with Crippen molar-refractivity contribution < 1.29 is 13.9 Å². The maximum Gasteiger partial charge on any atom is 0.224 e. The van der Waals surface area contributed by atoms with Crippen LogP contribution in [0.3, 0.4) is 0 Å². The summed E-state index contributed by atoms with van der Waals surface area (Å²) in [6.07, 6.45) is 9.56. The van der Waals surface area contributed by atoms with E-state index in [1.54, 1.807) is 30.9 Å². The van der Waals surface area contributed by atoms with Crippen LogP contribution in [-0.4, -0.2) is 72.2 Å². The Morgan fingerprint density at radius 2 is 1.85 bits per heavy atom. The number of ether oxygens (including phenoxy) is 1. The summed E-state index contributed by atoms with van der Waals surface area (Å²) in [6, 6.07) is 10.3. The zero-order chi connectivity index (χ0) is 32.5. The molecule has 0 bridgehead atoms. The molecule has 0 radical (unpaired) electrons. The fourth-order valence-electron chi connectivity index (χ4n) is 5.94. The highest BCUT2D eigenvalue weighted by Gasteiger charge is 2.19. The van der Waals surface area contributed by atoms with Gasteiger partial charge in [0, 0.05) is 54.3 Å². The van der Waals surface area contributed by atoms with Gasteiger partial charge in [0.05, 0.1) is 28.5 Å². The number of imidazole rings is 1. The number of aromatic amines is 2. The number of carbonyl (C=O) groups is 1. The summed E-state index contributed by atoms with van der Waals surface area (Å²) in [5.41, 5.74) is 5.67. The first kappa shape index (κ1) is 30.4. The minimum atomic E-state index is -0.404. The molecule has 1 saturated heterocycles. The summed E-state index contributed by atoms with van der Waals surface area (Å²) < 4.78 is 20.7. The van der Waals surface area contributed by atoms with E-state index >= 15 is 0 Å². The first-order chi connectivity index (χ1) is 22.7. The van der Waals surface area contributed by atoms with Crippen LogP contribution in [0, 0.1) is 11.2 Å². The van der Waals surface area contributed by atoms with Crippen molar-refractivity contribution >= 4 is 33.7 Å². The van der Waals surface area contributed by atoms with Crippen molar-refractivity contribution in [3.63, 3.8) is 0 Å². The van der Waals surface area contributed by atoms with E-state index in [0.29, 0.717) is 58.4 Å². The number of anilines is 1. The smallest absolute Gasteiger partial charge is 0.224 e. The van der Waals surface area contributed by atoms with Gasteiger partial charge in [0.2, 0.25) is 5.91 Å². The largest absolute Gasteiger partial charge is 0.492 e. The average Bonchev–Trinajstić information content (AvgIpc) is 3.79. The lowest BCUT2D eigenvalue weighted by molar-refractivity contribution is -0.117. The molecule has 1 aromatic carbocycles. The predicted octanol–water partition coefficient (Wildman–Crippen LogP) is 6.61. The van der Waals surface area contributed by atoms with Crippen LogP contribution in [-0.2, 0) is 4.79 Å². The Balaban J connectivity index is 1.17. The third-order valence-corrected chi connectivity index (χ3v) is 8.11. The fraction of sp³-hybridized carbons (Fsp3) is 0.314. The molecule has 11 nitrogen and oxygen atoms in total. The molecule has 240 valence electrons. The molecule has 1 fully saturated rings. The maximum atomic E-state index is 14.8. The highest BCUT2D eigenvalue weighted by molar-refractivity contribution is 5.96. The Bertz CT molecular complexity index is 2080. The molecule has 7 rings (SSSR count). The molecular formula is C35H36FN9O2. The molecule has 0 unspecified atom stereocenters. The van der Waals surface area contributed by atoms with E-state index in [1.165, 1.54) is 25.0 Å². The van der Waals surface area contributed by atoms with Gasteiger partial charge in [-0.1, -0.05) is 20.8 Å². The van der Waals surface area contributed by atoms with Crippen LogP contribution in [0.5, 0.6) is 5.75 Å². The van der Waals surface area contributed by atoms with E-state index < -0.39 is 5.82 Å². The van der Waals surface area contributed by atoms with Crippen molar-refractivity contribution in [2.75, 3.05) is 31.6 Å². The first-order valence-electron chi connectivity index (χ1n) is 15.8. The molecule has 47 heavy (non-hydrogen) atoms.